The third kappa shape index (κ3) is 2.04. The fourth-order valence-corrected chi connectivity index (χ4v) is 5.13. The van der Waals surface area contributed by atoms with E-state index >= 15 is 0 Å². The third-order valence-electron chi connectivity index (χ3n) is 6.32. The molecule has 0 unspecified atom stereocenters. The number of H-pyrrole nitrogens is 1. The molecule has 6 aromatic rings. The summed E-state index contributed by atoms with van der Waals surface area (Å²) < 4.78 is 0. The van der Waals surface area contributed by atoms with Gasteiger partial charge in [0.2, 0.25) is 5.91 Å². The highest BCUT2D eigenvalue weighted by Gasteiger charge is 2.28. The van der Waals surface area contributed by atoms with Gasteiger partial charge in [-0.1, -0.05) is 42.5 Å². The van der Waals surface area contributed by atoms with E-state index in [2.05, 4.69) is 10.3 Å². The molecule has 4 N–H and O–H groups in total. The Morgan fingerprint density at radius 2 is 1.38 bits per heavy atom. The smallest absolute Gasteiger partial charge is 0.259 e. The minimum Gasteiger partial charge on any atom is -0.366 e. The van der Waals surface area contributed by atoms with Gasteiger partial charge in [-0.3, -0.25) is 24.2 Å². The van der Waals surface area contributed by atoms with Gasteiger partial charge in [0.05, 0.1) is 16.3 Å². The van der Waals surface area contributed by atoms with Crippen LogP contribution in [0.25, 0.3) is 53.9 Å². The van der Waals surface area contributed by atoms with Crippen LogP contribution < -0.4 is 22.2 Å². The third-order valence-corrected chi connectivity index (χ3v) is 6.32. The maximum absolute atomic E-state index is 13.0. The molecule has 6 rings (SSSR count). The lowest BCUT2D eigenvalue weighted by Crippen LogP contribution is -2.22. The summed E-state index contributed by atoms with van der Waals surface area (Å²) in [7, 11) is 1.43. The zero-order valence-corrected chi connectivity index (χ0v) is 16.8. The highest BCUT2D eigenvalue weighted by atomic mass is 16.2. The highest BCUT2D eigenvalue weighted by molar-refractivity contribution is 6.42. The Kier molecular flexibility index (Phi) is 3.43. The molecular weight excluding hydrogens is 406 g/mol. The van der Waals surface area contributed by atoms with Gasteiger partial charge in [-0.2, -0.15) is 0 Å². The number of hydrogen-bond acceptors (Lipinski definition) is 4. The number of carbonyl (C=O) groups excluding carboxylic acids is 2. The lowest BCUT2D eigenvalue weighted by Gasteiger charge is -2.18. The summed E-state index contributed by atoms with van der Waals surface area (Å²) in [5.74, 6) is -1.30. The number of nitrogens with two attached hydrogens (primary N) is 1. The standard InChI is InChI=1S/C25H15N3O4/c1-27-23(30)19-18-14(22(26)29)9-8-12-11-6-2-4-10-5-3-7-13(15(10)11)17(16(12)18)20-21(19)25(32)28-24(20)31/h2-9H,1H3,(H2,26,29)(H,27,30)(H,28,31,32). The molecule has 0 bridgehead atoms. The lowest BCUT2D eigenvalue weighted by molar-refractivity contribution is 0.0966. The van der Waals surface area contributed by atoms with Crippen LogP contribution in [0.4, 0.5) is 0 Å². The molecule has 0 aliphatic rings. The predicted octanol–water partition coefficient (Wildman–Crippen LogP) is 2.84. The molecule has 0 fully saturated rings. The number of aromatic amines is 1. The van der Waals surface area contributed by atoms with Gasteiger partial charge in [0.25, 0.3) is 17.0 Å². The summed E-state index contributed by atoms with van der Waals surface area (Å²) in [5, 5.41) is 8.39. The van der Waals surface area contributed by atoms with E-state index in [0.717, 1.165) is 26.9 Å². The molecule has 5 aromatic carbocycles. The van der Waals surface area contributed by atoms with E-state index in [-0.39, 0.29) is 27.3 Å². The van der Waals surface area contributed by atoms with E-state index in [1.807, 2.05) is 36.4 Å². The molecular formula is C25H15N3O4. The van der Waals surface area contributed by atoms with Crippen LogP contribution in [0.3, 0.4) is 0 Å². The fraction of sp³-hybridized carbons (Fsp3) is 0.0400. The number of rotatable bonds is 2. The van der Waals surface area contributed by atoms with Crippen molar-refractivity contribution in [2.24, 2.45) is 5.73 Å². The second-order valence-electron chi connectivity index (χ2n) is 7.85. The second-order valence-corrected chi connectivity index (χ2v) is 7.85. The van der Waals surface area contributed by atoms with Crippen LogP contribution in [-0.4, -0.2) is 23.8 Å². The second kappa shape index (κ2) is 6.01. The summed E-state index contributed by atoms with van der Waals surface area (Å²) in [6.45, 7) is 0. The molecule has 1 heterocycles. The van der Waals surface area contributed by atoms with Gasteiger partial charge in [0.1, 0.15) is 0 Å². The molecule has 2 amide bonds. The van der Waals surface area contributed by atoms with Crippen LogP contribution in [-0.2, 0) is 0 Å². The number of amides is 2. The number of fused-ring (bicyclic) bond motifs is 4. The summed E-state index contributed by atoms with van der Waals surface area (Å²) in [6, 6.07) is 15.0. The van der Waals surface area contributed by atoms with Crippen LogP contribution in [0, 0.1) is 0 Å². The molecule has 0 radical (unpaired) electrons. The Morgan fingerprint density at radius 1 is 0.750 bits per heavy atom. The molecule has 1 aromatic heterocycles. The Balaban J connectivity index is 2.16. The minimum atomic E-state index is -0.727. The van der Waals surface area contributed by atoms with E-state index in [0.29, 0.717) is 10.8 Å². The van der Waals surface area contributed by atoms with Crippen molar-refractivity contribution in [2.45, 2.75) is 0 Å². The van der Waals surface area contributed by atoms with Gasteiger partial charge in [-0.05, 0) is 38.4 Å². The Hall–Kier alpha value is -4.52. The summed E-state index contributed by atoms with van der Waals surface area (Å²) >= 11 is 0. The summed E-state index contributed by atoms with van der Waals surface area (Å²) in [6.07, 6.45) is 0. The summed E-state index contributed by atoms with van der Waals surface area (Å²) in [5.41, 5.74) is 4.54. The van der Waals surface area contributed by atoms with Crippen molar-refractivity contribution in [3.63, 3.8) is 0 Å². The molecule has 0 aliphatic carbocycles. The number of benzene rings is 5. The normalized spacial score (nSPS) is 11.9. The van der Waals surface area contributed by atoms with Crippen molar-refractivity contribution in [3.05, 3.63) is 80.4 Å². The first-order valence-corrected chi connectivity index (χ1v) is 10.0. The van der Waals surface area contributed by atoms with E-state index in [4.69, 9.17) is 5.73 Å². The molecule has 32 heavy (non-hydrogen) atoms. The first-order chi connectivity index (χ1) is 15.4. The number of carbonyl (C=O) groups is 2. The van der Waals surface area contributed by atoms with E-state index in [9.17, 15) is 19.2 Å². The average molecular weight is 421 g/mol. The molecule has 7 heteroatoms. The fourth-order valence-electron chi connectivity index (χ4n) is 5.13. The number of hydrogen-bond donors (Lipinski definition) is 3. The first-order valence-electron chi connectivity index (χ1n) is 10.0. The van der Waals surface area contributed by atoms with Crippen molar-refractivity contribution in [1.29, 1.82) is 0 Å². The zero-order valence-electron chi connectivity index (χ0n) is 16.8. The van der Waals surface area contributed by atoms with Crippen LogP contribution in [0.5, 0.6) is 0 Å². The number of aromatic nitrogens is 1. The Bertz CT molecular complexity index is 1900. The minimum absolute atomic E-state index is 0.0215. The van der Waals surface area contributed by atoms with E-state index in [1.165, 1.54) is 7.05 Å². The van der Waals surface area contributed by atoms with Gasteiger partial charge < -0.3 is 11.1 Å². The SMILES string of the molecule is CNC(=O)c1c2c(C(N)=O)ccc3c4cccc5cccc(c54)c(c4c(=O)[nH]c(=O)c14)c23. The van der Waals surface area contributed by atoms with E-state index < -0.39 is 22.9 Å². The quantitative estimate of drug-likeness (QED) is 0.294. The molecule has 0 atom stereocenters. The highest BCUT2D eigenvalue weighted by Crippen LogP contribution is 2.44. The number of primary amides is 1. The predicted molar refractivity (Wildman–Crippen MR) is 125 cm³/mol. The average Bonchev–Trinajstić information content (AvgIpc) is 3.09. The number of nitrogens with one attached hydrogen (secondary N) is 2. The lowest BCUT2D eigenvalue weighted by atomic mass is 9.84. The molecule has 7 nitrogen and oxygen atoms in total. The maximum Gasteiger partial charge on any atom is 0.259 e. The first kappa shape index (κ1) is 18.3. The van der Waals surface area contributed by atoms with Crippen molar-refractivity contribution in [3.8, 4) is 0 Å². The van der Waals surface area contributed by atoms with Gasteiger partial charge in [-0.15, -0.1) is 0 Å². The van der Waals surface area contributed by atoms with Crippen molar-refractivity contribution >= 4 is 65.7 Å². The topological polar surface area (TPSA) is 122 Å². The molecule has 154 valence electrons. The molecule has 0 spiro atoms. The maximum atomic E-state index is 13.0. The van der Waals surface area contributed by atoms with E-state index in [1.54, 1.807) is 12.1 Å². The largest absolute Gasteiger partial charge is 0.366 e. The van der Waals surface area contributed by atoms with Gasteiger partial charge in [0, 0.05) is 23.4 Å². The van der Waals surface area contributed by atoms with Gasteiger partial charge in [-0.25, -0.2) is 0 Å². The Labute approximate surface area is 179 Å². The van der Waals surface area contributed by atoms with Gasteiger partial charge >= 0.3 is 0 Å². The Morgan fingerprint density at radius 3 is 2.06 bits per heavy atom. The summed E-state index contributed by atoms with van der Waals surface area (Å²) in [4.78, 5) is 53.6. The molecule has 0 saturated heterocycles. The monoisotopic (exact) mass is 421 g/mol. The van der Waals surface area contributed by atoms with Crippen molar-refractivity contribution in [2.75, 3.05) is 7.05 Å². The van der Waals surface area contributed by atoms with Crippen LogP contribution in [0.15, 0.2) is 58.1 Å². The molecule has 0 aliphatic heterocycles. The zero-order chi connectivity index (χ0) is 22.3. The van der Waals surface area contributed by atoms with Crippen LogP contribution in [0.1, 0.15) is 20.7 Å². The van der Waals surface area contributed by atoms with Gasteiger partial charge in [0.15, 0.2) is 0 Å². The van der Waals surface area contributed by atoms with Crippen LogP contribution >= 0.6 is 0 Å². The van der Waals surface area contributed by atoms with Crippen molar-refractivity contribution in [1.82, 2.24) is 10.3 Å². The van der Waals surface area contributed by atoms with Crippen LogP contribution in [0.2, 0.25) is 0 Å². The van der Waals surface area contributed by atoms with Crippen molar-refractivity contribution < 1.29 is 9.59 Å². The molecule has 0 saturated carbocycles.